The molecule has 3 rings (SSSR count). The summed E-state index contributed by atoms with van der Waals surface area (Å²) < 4.78 is 0. The molecule has 6 heteroatoms. The summed E-state index contributed by atoms with van der Waals surface area (Å²) in [4.78, 5) is 19.1. The lowest BCUT2D eigenvalue weighted by atomic mass is 10.2. The minimum absolute atomic E-state index is 0.181. The van der Waals surface area contributed by atoms with Gasteiger partial charge in [-0.2, -0.15) is 5.26 Å². The van der Waals surface area contributed by atoms with Gasteiger partial charge in [0.05, 0.1) is 17.1 Å². The van der Waals surface area contributed by atoms with Gasteiger partial charge in [0.15, 0.2) is 0 Å². The summed E-state index contributed by atoms with van der Waals surface area (Å²) in [6, 6.07) is 13.8. The molecule has 108 valence electrons. The molecule has 0 bridgehead atoms. The number of amides is 1. The predicted octanol–water partition coefficient (Wildman–Crippen LogP) is 2.79. The van der Waals surface area contributed by atoms with Crippen molar-refractivity contribution in [1.82, 2.24) is 9.97 Å². The van der Waals surface area contributed by atoms with Gasteiger partial charge in [-0.1, -0.05) is 0 Å². The van der Waals surface area contributed by atoms with Crippen LogP contribution in [-0.2, 0) is 4.79 Å². The largest absolute Gasteiger partial charge is 0.508 e. The van der Waals surface area contributed by atoms with Crippen LogP contribution in [-0.4, -0.2) is 21.0 Å². The van der Waals surface area contributed by atoms with Crippen LogP contribution in [0.2, 0.25) is 0 Å². The number of aromatic nitrogens is 2. The molecule has 0 aliphatic rings. The Bertz CT molecular complexity index is 875. The first kappa shape index (κ1) is 13.6. The third-order valence-corrected chi connectivity index (χ3v) is 3.15. The van der Waals surface area contributed by atoms with Crippen molar-refractivity contribution in [3.63, 3.8) is 0 Å². The van der Waals surface area contributed by atoms with E-state index < -0.39 is 0 Å². The van der Waals surface area contributed by atoms with E-state index in [-0.39, 0.29) is 18.1 Å². The van der Waals surface area contributed by atoms with Gasteiger partial charge in [-0.3, -0.25) is 4.79 Å². The summed E-state index contributed by atoms with van der Waals surface area (Å²) >= 11 is 0. The summed E-state index contributed by atoms with van der Waals surface area (Å²) in [5.74, 6) is 0.526. The van der Waals surface area contributed by atoms with E-state index in [1.807, 2.05) is 0 Å². The number of carbonyl (C=O) groups excluding carboxylic acids is 1. The van der Waals surface area contributed by atoms with E-state index in [1.165, 1.54) is 0 Å². The Labute approximate surface area is 126 Å². The number of anilines is 1. The number of phenolic OH excluding ortho intramolecular Hbond substituents is 1. The summed E-state index contributed by atoms with van der Waals surface area (Å²) in [6.07, 6.45) is -0.181. The quantitative estimate of drug-likeness (QED) is 0.690. The van der Waals surface area contributed by atoms with Crippen LogP contribution in [0.4, 0.5) is 5.69 Å². The number of aromatic hydroxyl groups is 1. The molecule has 0 saturated heterocycles. The highest BCUT2D eigenvalue weighted by Gasteiger charge is 2.07. The van der Waals surface area contributed by atoms with Crippen LogP contribution in [0.5, 0.6) is 5.75 Å². The number of hydrogen-bond acceptors (Lipinski definition) is 4. The van der Waals surface area contributed by atoms with Crippen LogP contribution in [0, 0.1) is 11.3 Å². The first-order chi connectivity index (χ1) is 10.7. The predicted molar refractivity (Wildman–Crippen MR) is 82.1 cm³/mol. The number of benzene rings is 2. The number of phenols is 1. The van der Waals surface area contributed by atoms with Gasteiger partial charge in [-0.05, 0) is 42.5 Å². The lowest BCUT2D eigenvalue weighted by Crippen LogP contribution is -2.09. The number of fused-ring (bicyclic) bond motifs is 1. The molecule has 3 aromatic rings. The van der Waals surface area contributed by atoms with Gasteiger partial charge in [0.2, 0.25) is 5.91 Å². The second-order valence-electron chi connectivity index (χ2n) is 4.75. The monoisotopic (exact) mass is 292 g/mol. The molecule has 0 aliphatic carbocycles. The van der Waals surface area contributed by atoms with Crippen LogP contribution in [0.25, 0.3) is 22.4 Å². The van der Waals surface area contributed by atoms with Crippen LogP contribution >= 0.6 is 0 Å². The highest BCUT2D eigenvalue weighted by atomic mass is 16.3. The SMILES string of the molecule is N#CCC(=O)Nc1ccc2nc(-c3ccc(O)cc3)[nH]c2c1. The van der Waals surface area contributed by atoms with Crippen molar-refractivity contribution in [2.45, 2.75) is 6.42 Å². The zero-order valence-electron chi connectivity index (χ0n) is 11.5. The molecule has 3 N–H and O–H groups in total. The number of nitrogens with one attached hydrogen (secondary N) is 2. The number of aromatic amines is 1. The third kappa shape index (κ3) is 2.74. The molecule has 0 atom stereocenters. The molecular weight excluding hydrogens is 280 g/mol. The smallest absolute Gasteiger partial charge is 0.238 e. The molecular formula is C16H12N4O2. The second-order valence-corrected chi connectivity index (χ2v) is 4.75. The Morgan fingerprint density at radius 2 is 2.05 bits per heavy atom. The highest BCUT2D eigenvalue weighted by Crippen LogP contribution is 2.24. The maximum absolute atomic E-state index is 11.4. The Hall–Kier alpha value is -3.33. The number of rotatable bonds is 3. The highest BCUT2D eigenvalue weighted by molar-refractivity contribution is 5.94. The van der Waals surface area contributed by atoms with Gasteiger partial charge in [-0.15, -0.1) is 0 Å². The average molecular weight is 292 g/mol. The number of imidazole rings is 1. The van der Waals surface area contributed by atoms with Gasteiger partial charge >= 0.3 is 0 Å². The summed E-state index contributed by atoms with van der Waals surface area (Å²) in [7, 11) is 0. The molecule has 0 aliphatic heterocycles. The van der Waals surface area contributed by atoms with Crippen LogP contribution in [0.1, 0.15) is 6.42 Å². The minimum atomic E-state index is -0.347. The number of hydrogen-bond donors (Lipinski definition) is 3. The van der Waals surface area contributed by atoms with E-state index in [0.717, 1.165) is 16.6 Å². The normalized spacial score (nSPS) is 10.3. The molecule has 0 saturated carbocycles. The summed E-state index contributed by atoms with van der Waals surface area (Å²) in [5, 5.41) is 20.5. The van der Waals surface area contributed by atoms with Gasteiger partial charge < -0.3 is 15.4 Å². The first-order valence-electron chi connectivity index (χ1n) is 6.62. The van der Waals surface area contributed by atoms with E-state index in [2.05, 4.69) is 15.3 Å². The van der Waals surface area contributed by atoms with E-state index in [1.54, 1.807) is 48.5 Å². The third-order valence-electron chi connectivity index (χ3n) is 3.15. The maximum atomic E-state index is 11.4. The molecule has 0 spiro atoms. The Morgan fingerprint density at radius 1 is 1.27 bits per heavy atom. The lowest BCUT2D eigenvalue weighted by Gasteiger charge is -2.01. The molecule has 1 amide bonds. The van der Waals surface area contributed by atoms with Crippen molar-refractivity contribution in [3.05, 3.63) is 42.5 Å². The Kier molecular flexibility index (Phi) is 3.46. The van der Waals surface area contributed by atoms with Gasteiger partial charge in [0, 0.05) is 11.3 Å². The van der Waals surface area contributed by atoms with Crippen molar-refractivity contribution in [3.8, 4) is 23.2 Å². The number of carbonyl (C=O) groups is 1. The van der Waals surface area contributed by atoms with E-state index in [4.69, 9.17) is 5.26 Å². The number of nitrogens with zero attached hydrogens (tertiary/aromatic N) is 2. The number of nitriles is 1. The van der Waals surface area contributed by atoms with Gasteiger partial charge in [-0.25, -0.2) is 4.98 Å². The van der Waals surface area contributed by atoms with Gasteiger partial charge in [0.25, 0.3) is 0 Å². The maximum Gasteiger partial charge on any atom is 0.238 e. The van der Waals surface area contributed by atoms with E-state index in [9.17, 15) is 9.90 Å². The van der Waals surface area contributed by atoms with Crippen molar-refractivity contribution in [1.29, 1.82) is 5.26 Å². The van der Waals surface area contributed by atoms with Crippen LogP contribution in [0.3, 0.4) is 0 Å². The zero-order valence-corrected chi connectivity index (χ0v) is 11.5. The van der Waals surface area contributed by atoms with Crippen molar-refractivity contribution in [2.24, 2.45) is 0 Å². The Morgan fingerprint density at radius 3 is 2.77 bits per heavy atom. The summed E-state index contributed by atoms with van der Waals surface area (Å²) in [6.45, 7) is 0. The minimum Gasteiger partial charge on any atom is -0.508 e. The van der Waals surface area contributed by atoms with E-state index >= 15 is 0 Å². The van der Waals surface area contributed by atoms with Crippen LogP contribution < -0.4 is 5.32 Å². The molecule has 6 nitrogen and oxygen atoms in total. The number of H-pyrrole nitrogens is 1. The topological polar surface area (TPSA) is 102 Å². The van der Waals surface area contributed by atoms with Crippen molar-refractivity contribution in [2.75, 3.05) is 5.32 Å². The zero-order chi connectivity index (χ0) is 15.5. The molecule has 22 heavy (non-hydrogen) atoms. The van der Waals surface area contributed by atoms with Crippen molar-refractivity contribution < 1.29 is 9.90 Å². The molecule has 0 fully saturated rings. The first-order valence-corrected chi connectivity index (χ1v) is 6.62. The second kappa shape index (κ2) is 5.58. The molecule has 2 aromatic carbocycles. The molecule has 0 unspecified atom stereocenters. The van der Waals surface area contributed by atoms with E-state index in [0.29, 0.717) is 11.5 Å². The molecule has 1 heterocycles. The fourth-order valence-corrected chi connectivity index (χ4v) is 2.12. The molecule has 1 aromatic heterocycles. The lowest BCUT2D eigenvalue weighted by molar-refractivity contribution is -0.115. The average Bonchev–Trinajstić information content (AvgIpc) is 2.91. The van der Waals surface area contributed by atoms with Crippen molar-refractivity contribution >= 4 is 22.6 Å². The fourth-order valence-electron chi connectivity index (χ4n) is 2.12. The molecule has 0 radical (unpaired) electrons. The standard InChI is InChI=1S/C16H12N4O2/c17-8-7-15(22)18-11-3-6-13-14(9-11)20-16(19-13)10-1-4-12(21)5-2-10/h1-6,9,21H,7H2,(H,18,22)(H,19,20). The Balaban J connectivity index is 1.92. The van der Waals surface area contributed by atoms with Crippen LogP contribution in [0.15, 0.2) is 42.5 Å². The fraction of sp³-hybridized carbons (Fsp3) is 0.0625. The summed E-state index contributed by atoms with van der Waals surface area (Å²) in [5.41, 5.74) is 3.00. The van der Waals surface area contributed by atoms with Gasteiger partial charge in [0.1, 0.15) is 18.0 Å².